The van der Waals surface area contributed by atoms with E-state index in [0.717, 1.165) is 0 Å². The molecule has 3 N–H and O–H groups in total. The largest absolute Gasteiger partial charge is 0.396 e. The summed E-state index contributed by atoms with van der Waals surface area (Å²) in [5.41, 5.74) is 8.09. The molecule has 0 spiro atoms. The number of hydrogen-bond donors (Lipinski definition) is 3. The van der Waals surface area contributed by atoms with Crippen molar-refractivity contribution in [2.75, 3.05) is 6.61 Å². The summed E-state index contributed by atoms with van der Waals surface area (Å²) in [5, 5.41) is 30.6. The maximum atomic E-state index is 9.26. The third-order valence-electron chi connectivity index (χ3n) is 2.21. The summed E-state index contributed by atoms with van der Waals surface area (Å²) in [6.07, 6.45) is -1.69. The topological polar surface area (TPSA) is 109 Å². The van der Waals surface area contributed by atoms with Crippen LogP contribution in [0.5, 0.6) is 0 Å². The zero-order chi connectivity index (χ0) is 9.14. The minimum atomic E-state index is -1.04. The average Bonchev–Trinajstić information content (AvgIpc) is 2.33. The van der Waals surface area contributed by atoms with Gasteiger partial charge in [0.25, 0.3) is 0 Å². The maximum Gasteiger partial charge on any atom is 0.0887 e. The van der Waals surface area contributed by atoms with Crippen LogP contribution in [0.15, 0.2) is 5.11 Å². The number of aliphatic hydroxyl groups excluding tert-OH is 3. The predicted molar refractivity (Wildman–Crippen MR) is 40.1 cm³/mol. The molecule has 0 heterocycles. The zero-order valence-electron chi connectivity index (χ0n) is 6.41. The van der Waals surface area contributed by atoms with Gasteiger partial charge in [0.1, 0.15) is 0 Å². The third-order valence-corrected chi connectivity index (χ3v) is 2.21. The lowest BCUT2D eigenvalue weighted by Crippen LogP contribution is -2.30. The second kappa shape index (κ2) is 3.73. The fourth-order valence-corrected chi connectivity index (χ4v) is 1.46. The van der Waals surface area contributed by atoms with E-state index in [9.17, 15) is 10.2 Å². The van der Waals surface area contributed by atoms with E-state index >= 15 is 0 Å². The molecule has 1 rings (SSSR count). The molecule has 0 radical (unpaired) electrons. The summed E-state index contributed by atoms with van der Waals surface area (Å²) >= 11 is 0. The van der Waals surface area contributed by atoms with Gasteiger partial charge < -0.3 is 15.3 Å². The lowest BCUT2D eigenvalue weighted by Gasteiger charge is -2.13. The summed E-state index contributed by atoms with van der Waals surface area (Å²) in [4.78, 5) is 2.54. The number of azide groups is 1. The van der Waals surface area contributed by atoms with Crippen molar-refractivity contribution in [3.05, 3.63) is 10.4 Å². The van der Waals surface area contributed by atoms with Gasteiger partial charge in [-0.25, -0.2) is 0 Å². The molecule has 0 saturated heterocycles. The first kappa shape index (κ1) is 9.28. The van der Waals surface area contributed by atoms with Crippen LogP contribution in [0.4, 0.5) is 0 Å². The van der Waals surface area contributed by atoms with E-state index in [4.69, 9.17) is 10.6 Å². The van der Waals surface area contributed by atoms with Gasteiger partial charge in [-0.1, -0.05) is 5.11 Å². The summed E-state index contributed by atoms with van der Waals surface area (Å²) in [7, 11) is 0. The Morgan fingerprint density at radius 1 is 1.42 bits per heavy atom. The van der Waals surface area contributed by atoms with E-state index < -0.39 is 18.2 Å². The van der Waals surface area contributed by atoms with Gasteiger partial charge in [0.15, 0.2) is 0 Å². The fourth-order valence-electron chi connectivity index (χ4n) is 1.46. The Morgan fingerprint density at radius 3 is 2.50 bits per heavy atom. The van der Waals surface area contributed by atoms with Gasteiger partial charge in [-0.3, -0.25) is 0 Å². The van der Waals surface area contributed by atoms with Crippen LogP contribution in [0.1, 0.15) is 6.42 Å². The van der Waals surface area contributed by atoms with Crippen molar-refractivity contribution in [1.82, 2.24) is 0 Å². The van der Waals surface area contributed by atoms with Crippen LogP contribution in [0.2, 0.25) is 0 Å². The molecule has 1 aliphatic rings. The summed E-state index contributed by atoms with van der Waals surface area (Å²) in [6, 6.07) is -0.609. The summed E-state index contributed by atoms with van der Waals surface area (Å²) in [6.45, 7) is -0.199. The van der Waals surface area contributed by atoms with Gasteiger partial charge in [-0.05, 0) is 12.0 Å². The first-order valence-electron chi connectivity index (χ1n) is 3.72. The molecule has 0 aliphatic heterocycles. The summed E-state index contributed by atoms with van der Waals surface area (Å²) in [5.74, 6) is -0.379. The highest BCUT2D eigenvalue weighted by Gasteiger charge is 2.40. The number of rotatable bonds is 2. The van der Waals surface area contributed by atoms with Crippen LogP contribution < -0.4 is 0 Å². The molecule has 0 amide bonds. The molecule has 6 nitrogen and oxygen atoms in total. The minimum absolute atomic E-state index is 0.199. The Kier molecular flexibility index (Phi) is 2.88. The number of nitrogens with zero attached hydrogens (tertiary/aromatic N) is 3. The highest BCUT2D eigenvalue weighted by molar-refractivity contribution is 4.95. The van der Waals surface area contributed by atoms with Crippen LogP contribution in [0.25, 0.3) is 10.4 Å². The standard InChI is InChI=1S/C6H11N3O3/c7-9-8-4-1-3(2-10)5(11)6(4)12/h3-6,10-12H,1-2H2/t3-,4-,5-,6+/m1/s1. The Morgan fingerprint density at radius 2 is 2.08 bits per heavy atom. The highest BCUT2D eigenvalue weighted by atomic mass is 16.3. The smallest absolute Gasteiger partial charge is 0.0887 e. The molecule has 1 fully saturated rings. The van der Waals surface area contributed by atoms with Gasteiger partial charge >= 0.3 is 0 Å². The van der Waals surface area contributed by atoms with Gasteiger partial charge in [-0.2, -0.15) is 0 Å². The molecular weight excluding hydrogens is 162 g/mol. The maximum absolute atomic E-state index is 9.26. The van der Waals surface area contributed by atoms with Crippen molar-refractivity contribution in [3.8, 4) is 0 Å². The van der Waals surface area contributed by atoms with Crippen LogP contribution in [-0.4, -0.2) is 40.2 Å². The van der Waals surface area contributed by atoms with Gasteiger partial charge in [0, 0.05) is 17.4 Å². The first-order valence-corrected chi connectivity index (χ1v) is 3.72. The van der Waals surface area contributed by atoms with E-state index in [0.29, 0.717) is 6.42 Å². The Bertz CT molecular complexity index is 204. The molecule has 0 bridgehead atoms. The van der Waals surface area contributed by atoms with Crippen LogP contribution in [0, 0.1) is 5.92 Å². The van der Waals surface area contributed by atoms with E-state index in [2.05, 4.69) is 10.0 Å². The first-order chi connectivity index (χ1) is 5.70. The monoisotopic (exact) mass is 173 g/mol. The van der Waals surface area contributed by atoms with E-state index in [-0.39, 0.29) is 12.5 Å². The summed E-state index contributed by atoms with van der Waals surface area (Å²) < 4.78 is 0. The average molecular weight is 173 g/mol. The van der Waals surface area contributed by atoms with Gasteiger partial charge in [0.2, 0.25) is 0 Å². The van der Waals surface area contributed by atoms with E-state index in [1.807, 2.05) is 0 Å². The molecule has 12 heavy (non-hydrogen) atoms. The number of hydrogen-bond acceptors (Lipinski definition) is 4. The van der Waals surface area contributed by atoms with Gasteiger partial charge in [0.05, 0.1) is 18.2 Å². The second-order valence-corrected chi connectivity index (χ2v) is 2.93. The molecular formula is C6H11N3O3. The zero-order valence-corrected chi connectivity index (χ0v) is 6.41. The molecule has 0 aromatic carbocycles. The van der Waals surface area contributed by atoms with Crippen molar-refractivity contribution < 1.29 is 15.3 Å². The Balaban J connectivity index is 2.66. The number of aliphatic hydroxyl groups is 3. The van der Waals surface area contributed by atoms with Crippen molar-refractivity contribution in [2.45, 2.75) is 24.7 Å². The SMILES string of the molecule is [N-]=[N+]=N[C@@H]1C[C@H](CO)[C@@H](O)[C@H]1O. The van der Waals surface area contributed by atoms with Gasteiger partial charge in [-0.15, -0.1) is 0 Å². The molecule has 1 aliphatic carbocycles. The van der Waals surface area contributed by atoms with Crippen LogP contribution in [-0.2, 0) is 0 Å². The Hall–Kier alpha value is -0.810. The quantitative estimate of drug-likeness (QED) is 0.294. The molecule has 4 atom stereocenters. The lowest BCUT2D eigenvalue weighted by atomic mass is 10.1. The highest BCUT2D eigenvalue weighted by Crippen LogP contribution is 2.28. The van der Waals surface area contributed by atoms with Crippen molar-refractivity contribution in [3.63, 3.8) is 0 Å². The van der Waals surface area contributed by atoms with Crippen LogP contribution >= 0.6 is 0 Å². The van der Waals surface area contributed by atoms with Crippen molar-refractivity contribution in [1.29, 1.82) is 0 Å². The fraction of sp³-hybridized carbons (Fsp3) is 1.00. The second-order valence-electron chi connectivity index (χ2n) is 2.93. The molecule has 0 aromatic rings. The molecule has 0 unspecified atom stereocenters. The van der Waals surface area contributed by atoms with Crippen molar-refractivity contribution in [2.24, 2.45) is 11.0 Å². The predicted octanol–water partition coefficient (Wildman–Crippen LogP) is -0.601. The van der Waals surface area contributed by atoms with Crippen LogP contribution in [0.3, 0.4) is 0 Å². The third kappa shape index (κ3) is 1.51. The molecule has 0 aromatic heterocycles. The minimum Gasteiger partial charge on any atom is -0.396 e. The Labute approximate surface area is 69.1 Å². The van der Waals surface area contributed by atoms with E-state index in [1.54, 1.807) is 0 Å². The lowest BCUT2D eigenvalue weighted by molar-refractivity contribution is 0.00304. The molecule has 6 heteroatoms. The van der Waals surface area contributed by atoms with Crippen molar-refractivity contribution >= 4 is 0 Å². The normalized spacial score (nSPS) is 40.9. The molecule has 68 valence electrons. The van der Waals surface area contributed by atoms with E-state index in [1.165, 1.54) is 0 Å². The molecule has 1 saturated carbocycles.